The predicted molar refractivity (Wildman–Crippen MR) is 62.9 cm³/mol. The van der Waals surface area contributed by atoms with Gasteiger partial charge in [-0.15, -0.1) is 0 Å². The summed E-state index contributed by atoms with van der Waals surface area (Å²) < 4.78 is 43.2. The lowest BCUT2D eigenvalue weighted by Gasteiger charge is -2.14. The van der Waals surface area contributed by atoms with Crippen LogP contribution in [0, 0.1) is 5.92 Å². The number of hydrogen-bond donors (Lipinski definition) is 1. The van der Waals surface area contributed by atoms with Crippen LogP contribution in [0.25, 0.3) is 0 Å². The summed E-state index contributed by atoms with van der Waals surface area (Å²) in [6.07, 6.45) is -3.47. The number of alkyl halides is 3. The van der Waals surface area contributed by atoms with Crippen molar-refractivity contribution in [1.82, 2.24) is 5.32 Å². The Bertz CT molecular complexity index is 416. The van der Waals surface area contributed by atoms with Crippen LogP contribution in [0.3, 0.4) is 0 Å². The second-order valence-corrected chi connectivity index (χ2v) is 4.72. The van der Waals surface area contributed by atoms with Crippen molar-refractivity contribution in [2.75, 3.05) is 19.7 Å². The van der Waals surface area contributed by atoms with E-state index in [0.717, 1.165) is 25.6 Å². The molecule has 0 aliphatic carbocycles. The number of halogens is 4. The van der Waals surface area contributed by atoms with Crippen molar-refractivity contribution >= 4 is 11.6 Å². The van der Waals surface area contributed by atoms with E-state index in [1.807, 2.05) is 0 Å². The zero-order valence-corrected chi connectivity index (χ0v) is 10.3. The summed E-state index contributed by atoms with van der Waals surface area (Å²) in [4.78, 5) is 0. The van der Waals surface area contributed by atoms with Crippen molar-refractivity contribution < 1.29 is 17.9 Å². The van der Waals surface area contributed by atoms with Gasteiger partial charge in [0.25, 0.3) is 0 Å². The highest BCUT2D eigenvalue weighted by Crippen LogP contribution is 2.36. The Morgan fingerprint density at radius 1 is 1.39 bits per heavy atom. The van der Waals surface area contributed by atoms with Crippen molar-refractivity contribution in [2.24, 2.45) is 5.92 Å². The average Bonchev–Trinajstić information content (AvgIpc) is 2.79. The third kappa shape index (κ3) is 3.29. The number of rotatable bonds is 3. The van der Waals surface area contributed by atoms with Gasteiger partial charge in [0.05, 0.1) is 17.2 Å². The largest absolute Gasteiger partial charge is 0.493 e. The molecule has 1 aliphatic rings. The van der Waals surface area contributed by atoms with Gasteiger partial charge >= 0.3 is 6.18 Å². The molecule has 1 saturated heterocycles. The van der Waals surface area contributed by atoms with Crippen LogP contribution in [0.2, 0.25) is 5.02 Å². The topological polar surface area (TPSA) is 21.3 Å². The van der Waals surface area contributed by atoms with E-state index in [-0.39, 0.29) is 10.8 Å². The van der Waals surface area contributed by atoms with Crippen LogP contribution in [0.1, 0.15) is 12.0 Å². The molecule has 0 amide bonds. The van der Waals surface area contributed by atoms with Crippen LogP contribution in [-0.4, -0.2) is 19.7 Å². The quantitative estimate of drug-likeness (QED) is 0.916. The van der Waals surface area contributed by atoms with Gasteiger partial charge in [-0.25, -0.2) is 0 Å². The fourth-order valence-electron chi connectivity index (χ4n) is 1.88. The smallest absolute Gasteiger partial charge is 0.417 e. The lowest BCUT2D eigenvalue weighted by molar-refractivity contribution is -0.137. The first kappa shape index (κ1) is 13.5. The number of benzene rings is 1. The van der Waals surface area contributed by atoms with Crippen LogP contribution in [0.15, 0.2) is 18.2 Å². The Labute approximate surface area is 108 Å². The highest BCUT2D eigenvalue weighted by atomic mass is 35.5. The minimum absolute atomic E-state index is 0.207. The molecule has 6 heteroatoms. The molecule has 1 aromatic rings. The Balaban J connectivity index is 2.04. The molecule has 0 bridgehead atoms. The molecule has 1 aromatic carbocycles. The summed E-state index contributed by atoms with van der Waals surface area (Å²) in [5.41, 5.74) is -0.855. The molecule has 18 heavy (non-hydrogen) atoms. The SMILES string of the molecule is FC(F)(F)c1cc(OCC2CCNC2)ccc1Cl. The molecule has 0 spiro atoms. The lowest BCUT2D eigenvalue weighted by atomic mass is 10.1. The zero-order chi connectivity index (χ0) is 13.2. The van der Waals surface area contributed by atoms with Gasteiger partial charge in [0, 0.05) is 12.5 Å². The van der Waals surface area contributed by atoms with Crippen molar-refractivity contribution in [1.29, 1.82) is 0 Å². The molecular weight excluding hydrogens is 267 g/mol. The lowest BCUT2D eigenvalue weighted by Crippen LogP contribution is -2.15. The van der Waals surface area contributed by atoms with Gasteiger partial charge in [-0.3, -0.25) is 0 Å². The van der Waals surface area contributed by atoms with Gasteiger partial charge in [0.1, 0.15) is 5.75 Å². The zero-order valence-electron chi connectivity index (χ0n) is 9.56. The molecule has 1 N–H and O–H groups in total. The summed E-state index contributed by atoms with van der Waals surface area (Å²) in [6.45, 7) is 2.20. The maximum Gasteiger partial charge on any atom is 0.417 e. The highest BCUT2D eigenvalue weighted by molar-refractivity contribution is 6.31. The summed E-state index contributed by atoms with van der Waals surface area (Å²) in [5.74, 6) is 0.564. The van der Waals surface area contributed by atoms with Gasteiger partial charge in [0.15, 0.2) is 0 Å². The Morgan fingerprint density at radius 2 is 2.17 bits per heavy atom. The van der Waals surface area contributed by atoms with E-state index in [0.29, 0.717) is 12.5 Å². The molecular formula is C12H13ClF3NO. The van der Waals surface area contributed by atoms with Crippen molar-refractivity contribution in [3.63, 3.8) is 0 Å². The number of nitrogens with one attached hydrogen (secondary N) is 1. The molecule has 1 aliphatic heterocycles. The third-order valence-corrected chi connectivity index (χ3v) is 3.22. The highest BCUT2D eigenvalue weighted by Gasteiger charge is 2.33. The predicted octanol–water partition coefficient (Wildman–Crippen LogP) is 3.35. The summed E-state index contributed by atoms with van der Waals surface area (Å²) >= 11 is 5.52. The summed E-state index contributed by atoms with van der Waals surface area (Å²) in [5, 5.41) is 2.86. The number of ether oxygens (including phenoxy) is 1. The molecule has 2 nitrogen and oxygen atoms in total. The minimum Gasteiger partial charge on any atom is -0.493 e. The second-order valence-electron chi connectivity index (χ2n) is 4.31. The van der Waals surface area contributed by atoms with Crippen LogP contribution >= 0.6 is 11.6 Å². The summed E-state index contributed by atoms with van der Waals surface area (Å²) in [6, 6.07) is 3.62. The van der Waals surface area contributed by atoms with E-state index in [4.69, 9.17) is 16.3 Å². The summed E-state index contributed by atoms with van der Waals surface area (Å²) in [7, 11) is 0. The maximum atomic E-state index is 12.6. The van der Waals surface area contributed by atoms with E-state index in [2.05, 4.69) is 5.32 Å². The molecule has 0 radical (unpaired) electrons. The molecule has 100 valence electrons. The maximum absolute atomic E-state index is 12.6. The standard InChI is InChI=1S/C12H13ClF3NO/c13-11-2-1-9(5-10(11)12(14,15)16)18-7-8-3-4-17-6-8/h1-2,5,8,17H,3-4,6-7H2. The first-order valence-corrected chi connectivity index (χ1v) is 6.05. The van der Waals surface area contributed by atoms with Gasteiger partial charge in [-0.1, -0.05) is 11.6 Å². The van der Waals surface area contributed by atoms with E-state index in [1.165, 1.54) is 12.1 Å². The van der Waals surface area contributed by atoms with Gasteiger partial charge in [-0.2, -0.15) is 13.2 Å². The fraction of sp³-hybridized carbons (Fsp3) is 0.500. The van der Waals surface area contributed by atoms with E-state index in [9.17, 15) is 13.2 Å². The normalized spacial score (nSPS) is 20.1. The molecule has 1 fully saturated rings. The van der Waals surface area contributed by atoms with Gasteiger partial charge < -0.3 is 10.1 Å². The Hall–Kier alpha value is -0.940. The van der Waals surface area contributed by atoms with Crippen molar-refractivity contribution in [3.8, 4) is 5.75 Å². The minimum atomic E-state index is -4.45. The number of hydrogen-bond acceptors (Lipinski definition) is 2. The van der Waals surface area contributed by atoms with E-state index >= 15 is 0 Å². The average molecular weight is 280 g/mol. The van der Waals surface area contributed by atoms with Crippen molar-refractivity contribution in [3.05, 3.63) is 28.8 Å². The van der Waals surface area contributed by atoms with Crippen LogP contribution in [0.4, 0.5) is 13.2 Å². The van der Waals surface area contributed by atoms with E-state index in [1.54, 1.807) is 0 Å². The molecule has 0 saturated carbocycles. The van der Waals surface area contributed by atoms with Gasteiger partial charge in [-0.05, 0) is 31.2 Å². The van der Waals surface area contributed by atoms with Crippen molar-refractivity contribution in [2.45, 2.75) is 12.6 Å². The first-order valence-electron chi connectivity index (χ1n) is 5.67. The Morgan fingerprint density at radius 3 is 2.78 bits per heavy atom. The van der Waals surface area contributed by atoms with E-state index < -0.39 is 11.7 Å². The van der Waals surface area contributed by atoms with Crippen LogP contribution in [0.5, 0.6) is 5.75 Å². The fourth-order valence-corrected chi connectivity index (χ4v) is 2.11. The molecule has 1 unspecified atom stereocenters. The molecule has 0 aromatic heterocycles. The molecule has 1 heterocycles. The first-order chi connectivity index (χ1) is 8.47. The van der Waals surface area contributed by atoms with Crippen LogP contribution in [-0.2, 0) is 6.18 Å². The van der Waals surface area contributed by atoms with Crippen LogP contribution < -0.4 is 10.1 Å². The van der Waals surface area contributed by atoms with Gasteiger partial charge in [0.2, 0.25) is 0 Å². The molecule has 2 rings (SSSR count). The second kappa shape index (κ2) is 5.36. The Kier molecular flexibility index (Phi) is 4.02. The monoisotopic (exact) mass is 279 g/mol. The molecule has 1 atom stereocenters. The third-order valence-electron chi connectivity index (χ3n) is 2.89.